The first-order chi connectivity index (χ1) is 14.2. The van der Waals surface area contributed by atoms with Crippen molar-refractivity contribution in [3.8, 4) is 0 Å². The van der Waals surface area contributed by atoms with Crippen LogP contribution in [0.3, 0.4) is 0 Å². The van der Waals surface area contributed by atoms with E-state index in [1.165, 1.54) is 27.5 Å². The maximum atomic E-state index is 13.0. The van der Waals surface area contributed by atoms with Crippen LogP contribution < -0.4 is 4.90 Å². The Morgan fingerprint density at radius 3 is 2.63 bits per heavy atom. The van der Waals surface area contributed by atoms with Crippen LogP contribution in [0.5, 0.6) is 0 Å². The van der Waals surface area contributed by atoms with Crippen molar-refractivity contribution in [2.75, 3.05) is 18.0 Å². The Balaban J connectivity index is 1.67. The van der Waals surface area contributed by atoms with E-state index in [4.69, 9.17) is 4.74 Å². The zero-order valence-electron chi connectivity index (χ0n) is 17.2. The topological polar surface area (TPSA) is 96.9 Å². The van der Waals surface area contributed by atoms with Gasteiger partial charge in [-0.15, -0.1) is 11.3 Å². The van der Waals surface area contributed by atoms with Crippen molar-refractivity contribution in [3.05, 3.63) is 40.9 Å². The van der Waals surface area contributed by atoms with Gasteiger partial charge in [-0.05, 0) is 38.8 Å². The maximum absolute atomic E-state index is 13.0. The number of carbonyl (C=O) groups excluding carboxylic acids is 2. The number of ether oxygens (including phenoxy) is 1. The van der Waals surface area contributed by atoms with E-state index in [2.05, 4.69) is 4.98 Å². The van der Waals surface area contributed by atoms with E-state index in [0.29, 0.717) is 30.2 Å². The van der Waals surface area contributed by atoms with Crippen molar-refractivity contribution < 1.29 is 22.7 Å². The van der Waals surface area contributed by atoms with Gasteiger partial charge < -0.3 is 4.74 Å². The average Bonchev–Trinajstić information content (AvgIpc) is 3.37. The number of aryl methyl sites for hydroxylation is 1. The number of aromatic nitrogens is 1. The molecule has 0 N–H and O–H groups in total. The molecule has 1 fully saturated rings. The van der Waals surface area contributed by atoms with Gasteiger partial charge in [0.05, 0.1) is 10.6 Å². The van der Waals surface area contributed by atoms with E-state index in [-0.39, 0.29) is 24.0 Å². The highest BCUT2D eigenvalue weighted by Crippen LogP contribution is 2.28. The molecule has 1 aliphatic heterocycles. The fourth-order valence-electron chi connectivity index (χ4n) is 3.33. The summed E-state index contributed by atoms with van der Waals surface area (Å²) in [5.41, 5.74) is 1.48. The summed E-state index contributed by atoms with van der Waals surface area (Å²) in [4.78, 5) is 30.3. The molecular formula is C20H25N3O5S2. The number of anilines is 1. The number of amides is 1. The molecule has 0 aliphatic carbocycles. The third kappa shape index (κ3) is 4.71. The summed E-state index contributed by atoms with van der Waals surface area (Å²) in [7, 11) is -3.78. The smallest absolute Gasteiger partial charge is 0.324 e. The maximum Gasteiger partial charge on any atom is 0.324 e. The molecule has 30 heavy (non-hydrogen) atoms. The van der Waals surface area contributed by atoms with Crippen LogP contribution in [0, 0.1) is 6.92 Å². The molecule has 2 heterocycles. The Morgan fingerprint density at radius 1 is 1.30 bits per heavy atom. The number of rotatable bonds is 7. The molecule has 3 rings (SSSR count). The van der Waals surface area contributed by atoms with Gasteiger partial charge in [-0.3, -0.25) is 14.5 Å². The van der Waals surface area contributed by atoms with Crippen LogP contribution in [0.4, 0.5) is 5.13 Å². The number of benzene rings is 1. The Hall–Kier alpha value is -2.30. The third-order valence-corrected chi connectivity index (χ3v) is 7.77. The van der Waals surface area contributed by atoms with E-state index < -0.39 is 22.0 Å². The molecule has 1 amide bonds. The van der Waals surface area contributed by atoms with Gasteiger partial charge in [-0.25, -0.2) is 13.4 Å². The van der Waals surface area contributed by atoms with Gasteiger partial charge in [-0.2, -0.15) is 4.31 Å². The highest BCUT2D eigenvalue weighted by Gasteiger charge is 2.40. The predicted molar refractivity (Wildman–Crippen MR) is 114 cm³/mol. The summed E-state index contributed by atoms with van der Waals surface area (Å²) in [6, 6.07) is 5.72. The second kappa shape index (κ2) is 9.23. The zero-order chi connectivity index (χ0) is 21.9. The number of esters is 1. The van der Waals surface area contributed by atoms with Crippen LogP contribution in [-0.2, 0) is 31.0 Å². The number of carbonyl (C=O) groups is 2. The summed E-state index contributed by atoms with van der Waals surface area (Å²) in [5.74, 6) is -0.699. The number of hydrogen-bond donors (Lipinski definition) is 0. The molecule has 0 bridgehead atoms. The lowest BCUT2D eigenvalue weighted by Gasteiger charge is -2.22. The van der Waals surface area contributed by atoms with Gasteiger partial charge in [0.2, 0.25) is 15.9 Å². The SMILES string of the molecule is CCN(C(C)=O)c1nc(COC(=O)[C@@H]2CCCN2S(=O)(=O)c2ccc(C)cc2)cs1. The molecule has 1 aromatic carbocycles. The summed E-state index contributed by atoms with van der Waals surface area (Å²) in [5, 5.41) is 2.27. The highest BCUT2D eigenvalue weighted by atomic mass is 32.2. The van der Waals surface area contributed by atoms with Crippen molar-refractivity contribution in [1.82, 2.24) is 9.29 Å². The van der Waals surface area contributed by atoms with Crippen LogP contribution in [0.2, 0.25) is 0 Å². The minimum absolute atomic E-state index is 0.0697. The normalized spacial score (nSPS) is 17.1. The minimum Gasteiger partial charge on any atom is -0.458 e. The van der Waals surface area contributed by atoms with Crippen molar-refractivity contribution >= 4 is 38.4 Å². The zero-order valence-corrected chi connectivity index (χ0v) is 18.8. The lowest BCUT2D eigenvalue weighted by molar-refractivity contribution is -0.148. The Labute approximate surface area is 180 Å². The average molecular weight is 452 g/mol. The summed E-state index contributed by atoms with van der Waals surface area (Å²) in [6.07, 6.45) is 1.01. The van der Waals surface area contributed by atoms with Crippen LogP contribution in [0.25, 0.3) is 0 Å². The molecule has 0 radical (unpaired) electrons. The number of nitrogens with zero attached hydrogens (tertiary/aromatic N) is 3. The quantitative estimate of drug-likeness (QED) is 0.601. The highest BCUT2D eigenvalue weighted by molar-refractivity contribution is 7.89. The molecular weight excluding hydrogens is 426 g/mol. The summed E-state index contributed by atoms with van der Waals surface area (Å²) < 4.78 is 32.6. The molecule has 162 valence electrons. The van der Waals surface area contributed by atoms with E-state index in [1.807, 2.05) is 13.8 Å². The standard InChI is InChI=1S/C20H25N3O5S2/c1-4-22(15(3)24)20-21-16(13-29-20)12-28-19(25)18-6-5-11-23(18)30(26,27)17-9-7-14(2)8-10-17/h7-10,13,18H,4-6,11-12H2,1-3H3/t18-/m0/s1. The first-order valence-electron chi connectivity index (χ1n) is 9.71. The minimum atomic E-state index is -3.78. The third-order valence-electron chi connectivity index (χ3n) is 4.93. The monoisotopic (exact) mass is 451 g/mol. The van der Waals surface area contributed by atoms with E-state index in [0.717, 1.165) is 5.56 Å². The van der Waals surface area contributed by atoms with Gasteiger partial charge in [0.1, 0.15) is 12.6 Å². The van der Waals surface area contributed by atoms with E-state index in [9.17, 15) is 18.0 Å². The van der Waals surface area contributed by atoms with Gasteiger partial charge in [0.15, 0.2) is 5.13 Å². The Morgan fingerprint density at radius 2 is 2.00 bits per heavy atom. The van der Waals surface area contributed by atoms with Crippen molar-refractivity contribution in [2.45, 2.75) is 51.2 Å². The lowest BCUT2D eigenvalue weighted by atomic mass is 10.2. The van der Waals surface area contributed by atoms with Crippen LogP contribution >= 0.6 is 11.3 Å². The number of thiazole rings is 1. The second-order valence-corrected chi connectivity index (χ2v) is 9.81. The fraction of sp³-hybridized carbons (Fsp3) is 0.450. The Bertz CT molecular complexity index is 1020. The Kier molecular flexibility index (Phi) is 6.89. The molecule has 0 saturated carbocycles. The lowest BCUT2D eigenvalue weighted by Crippen LogP contribution is -2.41. The van der Waals surface area contributed by atoms with Crippen molar-refractivity contribution in [2.24, 2.45) is 0 Å². The molecule has 1 atom stereocenters. The van der Waals surface area contributed by atoms with Gasteiger partial charge in [0, 0.05) is 25.4 Å². The molecule has 10 heteroatoms. The molecule has 8 nitrogen and oxygen atoms in total. The van der Waals surface area contributed by atoms with Crippen molar-refractivity contribution in [1.29, 1.82) is 0 Å². The van der Waals surface area contributed by atoms with Crippen LogP contribution in [0.15, 0.2) is 34.5 Å². The molecule has 1 aromatic heterocycles. The van der Waals surface area contributed by atoms with Gasteiger partial charge >= 0.3 is 5.97 Å². The first-order valence-corrected chi connectivity index (χ1v) is 12.0. The molecule has 1 aliphatic rings. The van der Waals surface area contributed by atoms with Crippen LogP contribution in [-0.4, -0.2) is 48.7 Å². The van der Waals surface area contributed by atoms with Gasteiger partial charge in [0.25, 0.3) is 0 Å². The summed E-state index contributed by atoms with van der Waals surface area (Å²) in [6.45, 7) is 5.91. The van der Waals surface area contributed by atoms with E-state index >= 15 is 0 Å². The predicted octanol–water partition coefficient (Wildman–Crippen LogP) is 2.72. The largest absolute Gasteiger partial charge is 0.458 e. The molecule has 0 spiro atoms. The number of sulfonamides is 1. The first kappa shape index (κ1) is 22.4. The van der Waals surface area contributed by atoms with Gasteiger partial charge in [-0.1, -0.05) is 17.7 Å². The van der Waals surface area contributed by atoms with E-state index in [1.54, 1.807) is 29.6 Å². The number of hydrogen-bond acceptors (Lipinski definition) is 7. The molecule has 0 unspecified atom stereocenters. The molecule has 1 saturated heterocycles. The van der Waals surface area contributed by atoms with Crippen molar-refractivity contribution in [3.63, 3.8) is 0 Å². The summed E-state index contributed by atoms with van der Waals surface area (Å²) >= 11 is 1.29. The molecule has 2 aromatic rings. The fourth-order valence-corrected chi connectivity index (χ4v) is 5.89. The second-order valence-electron chi connectivity index (χ2n) is 7.08. The van der Waals surface area contributed by atoms with Crippen LogP contribution in [0.1, 0.15) is 37.9 Å².